The van der Waals surface area contributed by atoms with E-state index < -0.39 is 5.41 Å². The van der Waals surface area contributed by atoms with Gasteiger partial charge in [-0.3, -0.25) is 9.59 Å². The zero-order valence-corrected chi connectivity index (χ0v) is 16.3. The zero-order chi connectivity index (χ0) is 18.9. The van der Waals surface area contributed by atoms with Crippen molar-refractivity contribution >= 4 is 17.6 Å². The molecule has 1 unspecified atom stereocenters. The lowest BCUT2D eigenvalue weighted by Gasteiger charge is -2.46. The molecule has 2 nitrogen and oxygen atoms in total. The van der Waals surface area contributed by atoms with Gasteiger partial charge in [0.2, 0.25) is 0 Å². The van der Waals surface area contributed by atoms with E-state index in [2.05, 4.69) is 26.8 Å². The summed E-state index contributed by atoms with van der Waals surface area (Å²) in [6.07, 6.45) is 6.53. The van der Waals surface area contributed by atoms with Gasteiger partial charge in [-0.05, 0) is 28.9 Å². The van der Waals surface area contributed by atoms with Gasteiger partial charge in [-0.2, -0.15) is 0 Å². The Balaban J connectivity index is 2.42. The van der Waals surface area contributed by atoms with E-state index in [9.17, 15) is 9.59 Å². The number of rotatable bonds is 3. The van der Waals surface area contributed by atoms with Crippen molar-refractivity contribution in [3.63, 3.8) is 0 Å². The molecule has 0 aliphatic heterocycles. The van der Waals surface area contributed by atoms with E-state index in [1.165, 1.54) is 0 Å². The van der Waals surface area contributed by atoms with Gasteiger partial charge in [0, 0.05) is 17.4 Å². The minimum atomic E-state index is -0.688. The highest BCUT2D eigenvalue weighted by molar-refractivity contribution is 6.12. The lowest BCUT2D eigenvalue weighted by Crippen LogP contribution is -2.49. The third kappa shape index (κ3) is 4.00. The lowest BCUT2D eigenvalue weighted by molar-refractivity contribution is -0.139. The number of benzene rings is 1. The first-order valence-electron chi connectivity index (χ1n) is 8.99. The van der Waals surface area contributed by atoms with Gasteiger partial charge in [-0.15, -0.1) is 0 Å². The predicted molar refractivity (Wildman–Crippen MR) is 104 cm³/mol. The number of hydrogen-bond donors (Lipinski definition) is 0. The smallest absolute Gasteiger partial charge is 0.166 e. The molecule has 2 rings (SSSR count). The van der Waals surface area contributed by atoms with Crippen LogP contribution >= 0.6 is 0 Å². The molecule has 2 heteroatoms. The maximum Gasteiger partial charge on any atom is 0.166 e. The molecule has 0 saturated carbocycles. The fourth-order valence-electron chi connectivity index (χ4n) is 3.51. The Morgan fingerprint density at radius 3 is 2.12 bits per heavy atom. The minimum absolute atomic E-state index is 0.0626. The van der Waals surface area contributed by atoms with Crippen molar-refractivity contribution in [2.75, 3.05) is 0 Å². The molecule has 0 aromatic heterocycles. The SMILES string of the molecule is CC(C)(C)C1=CC(=O)CC(C/C=C/c2ccccc2)(C(C)(C)C)C1=O. The summed E-state index contributed by atoms with van der Waals surface area (Å²) < 4.78 is 0. The second-order valence-corrected chi connectivity index (χ2v) is 9.13. The lowest BCUT2D eigenvalue weighted by atomic mass is 9.55. The summed E-state index contributed by atoms with van der Waals surface area (Å²) in [7, 11) is 0. The number of carbonyl (C=O) groups is 2. The quantitative estimate of drug-likeness (QED) is 0.715. The Morgan fingerprint density at radius 1 is 1.00 bits per heavy atom. The predicted octanol–water partition coefficient (Wildman–Crippen LogP) is 5.64. The van der Waals surface area contributed by atoms with Crippen LogP contribution in [0.1, 0.15) is 59.9 Å². The van der Waals surface area contributed by atoms with Crippen molar-refractivity contribution in [2.45, 2.75) is 54.4 Å². The van der Waals surface area contributed by atoms with Gasteiger partial charge in [0.05, 0.1) is 0 Å². The van der Waals surface area contributed by atoms with Crippen LogP contribution in [0.25, 0.3) is 6.08 Å². The van der Waals surface area contributed by atoms with Crippen molar-refractivity contribution in [1.82, 2.24) is 0 Å². The van der Waals surface area contributed by atoms with E-state index in [1.54, 1.807) is 6.08 Å². The van der Waals surface area contributed by atoms with Gasteiger partial charge in [0.15, 0.2) is 11.6 Å². The molecule has 0 radical (unpaired) electrons. The first kappa shape index (κ1) is 19.4. The van der Waals surface area contributed by atoms with Crippen LogP contribution in [0.3, 0.4) is 0 Å². The van der Waals surface area contributed by atoms with Crippen LogP contribution in [0.4, 0.5) is 0 Å². The molecule has 0 fully saturated rings. The summed E-state index contributed by atoms with van der Waals surface area (Å²) in [5.41, 5.74) is 0.449. The Bertz CT molecular complexity index is 709. The van der Waals surface area contributed by atoms with Crippen LogP contribution < -0.4 is 0 Å². The van der Waals surface area contributed by atoms with E-state index in [4.69, 9.17) is 0 Å². The molecule has 1 atom stereocenters. The number of allylic oxidation sites excluding steroid dienone is 3. The van der Waals surface area contributed by atoms with Crippen LogP contribution in [0.5, 0.6) is 0 Å². The van der Waals surface area contributed by atoms with E-state index in [1.807, 2.05) is 57.2 Å². The summed E-state index contributed by atoms with van der Waals surface area (Å²) in [6, 6.07) is 10.0. The van der Waals surface area contributed by atoms with E-state index >= 15 is 0 Å². The number of Topliss-reactive ketones (excluding diaryl/α,β-unsaturated/α-hetero) is 1. The Kier molecular flexibility index (Phi) is 5.22. The highest BCUT2D eigenvalue weighted by atomic mass is 16.1. The molecule has 25 heavy (non-hydrogen) atoms. The van der Waals surface area contributed by atoms with Gasteiger partial charge in [0.25, 0.3) is 0 Å². The first-order valence-corrected chi connectivity index (χ1v) is 8.99. The molecular weight excluding hydrogens is 308 g/mol. The second kappa shape index (κ2) is 6.74. The largest absolute Gasteiger partial charge is 0.295 e. The Labute approximate surface area is 152 Å². The fraction of sp³-hybridized carbons (Fsp3) is 0.478. The van der Waals surface area contributed by atoms with Gasteiger partial charge >= 0.3 is 0 Å². The van der Waals surface area contributed by atoms with Crippen molar-refractivity contribution in [3.05, 3.63) is 53.6 Å². The maximum atomic E-state index is 13.5. The van der Waals surface area contributed by atoms with Crippen molar-refractivity contribution in [3.8, 4) is 0 Å². The van der Waals surface area contributed by atoms with Crippen molar-refractivity contribution in [1.29, 1.82) is 0 Å². The van der Waals surface area contributed by atoms with E-state index in [0.717, 1.165) is 5.56 Å². The molecule has 1 aliphatic carbocycles. The third-order valence-corrected chi connectivity index (χ3v) is 5.28. The number of carbonyl (C=O) groups excluding carboxylic acids is 2. The number of hydrogen-bond acceptors (Lipinski definition) is 2. The summed E-state index contributed by atoms with van der Waals surface area (Å²) in [5, 5.41) is 0. The summed E-state index contributed by atoms with van der Waals surface area (Å²) in [5.74, 6) is 0.192. The standard InChI is InChI=1S/C23H30O2/c1-21(2,3)19-15-18(24)16-23(20(19)25,22(4,5)6)14-10-13-17-11-8-7-9-12-17/h7-13,15H,14,16H2,1-6H3/b13-10+. The normalized spacial score (nSPS) is 22.4. The van der Waals surface area contributed by atoms with Crippen molar-refractivity contribution in [2.24, 2.45) is 16.2 Å². The van der Waals surface area contributed by atoms with E-state index in [0.29, 0.717) is 12.0 Å². The van der Waals surface area contributed by atoms with Gasteiger partial charge in [-0.1, -0.05) is 84.0 Å². The summed E-state index contributed by atoms with van der Waals surface area (Å²) in [6.45, 7) is 12.2. The van der Waals surface area contributed by atoms with Gasteiger partial charge in [-0.25, -0.2) is 0 Å². The van der Waals surface area contributed by atoms with Crippen LogP contribution in [0.2, 0.25) is 0 Å². The van der Waals surface area contributed by atoms with Gasteiger partial charge in [0.1, 0.15) is 0 Å². The van der Waals surface area contributed by atoms with Crippen LogP contribution in [0, 0.1) is 16.2 Å². The average Bonchev–Trinajstić information content (AvgIpc) is 2.49. The van der Waals surface area contributed by atoms with E-state index in [-0.39, 0.29) is 28.8 Å². The molecule has 0 N–H and O–H groups in total. The van der Waals surface area contributed by atoms with Crippen molar-refractivity contribution < 1.29 is 9.59 Å². The third-order valence-electron chi connectivity index (χ3n) is 5.28. The summed E-state index contributed by atoms with van der Waals surface area (Å²) >= 11 is 0. The van der Waals surface area contributed by atoms with Crippen LogP contribution in [-0.4, -0.2) is 11.6 Å². The number of ketones is 2. The first-order chi connectivity index (χ1) is 11.5. The Morgan fingerprint density at radius 2 is 1.60 bits per heavy atom. The highest BCUT2D eigenvalue weighted by Crippen LogP contribution is 2.51. The zero-order valence-electron chi connectivity index (χ0n) is 16.3. The molecule has 1 aliphatic rings. The maximum absolute atomic E-state index is 13.5. The highest BCUT2D eigenvalue weighted by Gasteiger charge is 2.52. The molecule has 1 aromatic carbocycles. The Hall–Kier alpha value is -1.96. The molecule has 0 amide bonds. The molecule has 1 aromatic rings. The minimum Gasteiger partial charge on any atom is -0.295 e. The summed E-state index contributed by atoms with van der Waals surface area (Å²) in [4.78, 5) is 26.0. The molecular formula is C23H30O2. The monoisotopic (exact) mass is 338 g/mol. The molecule has 0 saturated heterocycles. The second-order valence-electron chi connectivity index (χ2n) is 9.13. The average molecular weight is 338 g/mol. The molecule has 0 heterocycles. The molecule has 0 spiro atoms. The van der Waals surface area contributed by atoms with Gasteiger partial charge < -0.3 is 0 Å². The molecule has 0 bridgehead atoms. The fourth-order valence-corrected chi connectivity index (χ4v) is 3.51. The topological polar surface area (TPSA) is 34.1 Å². The van der Waals surface area contributed by atoms with Crippen LogP contribution in [-0.2, 0) is 9.59 Å². The molecule has 134 valence electrons. The van der Waals surface area contributed by atoms with Crippen LogP contribution in [0.15, 0.2) is 48.1 Å².